The molecule has 1 rings (SSSR count). The van der Waals surface area contributed by atoms with Crippen molar-refractivity contribution in [2.45, 2.75) is 38.7 Å². The summed E-state index contributed by atoms with van der Waals surface area (Å²) in [7, 11) is 1.80. The highest BCUT2D eigenvalue weighted by molar-refractivity contribution is 9.10. The van der Waals surface area contributed by atoms with E-state index in [4.69, 9.17) is 0 Å². The van der Waals surface area contributed by atoms with Crippen LogP contribution >= 0.6 is 15.9 Å². The molecule has 0 saturated carbocycles. The highest BCUT2D eigenvalue weighted by Gasteiger charge is 2.32. The second kappa shape index (κ2) is 4.40. The number of aryl methyl sites for hydroxylation is 1. The molecule has 0 amide bonds. The molecule has 0 aliphatic rings. The van der Waals surface area contributed by atoms with E-state index in [0.717, 1.165) is 18.5 Å². The molecule has 5 heteroatoms. The molecule has 1 atom stereocenters. The fraction of sp³-hybridized carbons (Fsp3) is 0.778. The van der Waals surface area contributed by atoms with Crippen molar-refractivity contribution in [1.82, 2.24) is 15.0 Å². The van der Waals surface area contributed by atoms with Crippen molar-refractivity contribution in [3.63, 3.8) is 0 Å². The van der Waals surface area contributed by atoms with Gasteiger partial charge in [0, 0.05) is 7.05 Å². The third-order valence-electron chi connectivity index (χ3n) is 2.47. The second-order valence-corrected chi connectivity index (χ2v) is 4.24. The molecule has 1 unspecified atom stereocenters. The fourth-order valence-corrected chi connectivity index (χ4v) is 2.40. The quantitative estimate of drug-likeness (QED) is 0.902. The number of rotatable bonds is 4. The van der Waals surface area contributed by atoms with Crippen LogP contribution in [-0.4, -0.2) is 20.1 Å². The number of hydrogen-bond donors (Lipinski definition) is 1. The van der Waals surface area contributed by atoms with Crippen LogP contribution in [0.3, 0.4) is 0 Å². The first-order valence-electron chi connectivity index (χ1n) is 4.83. The average molecular weight is 262 g/mol. The molecular formula is C9H16BrN3O. The summed E-state index contributed by atoms with van der Waals surface area (Å²) in [6.45, 7) is 4.02. The van der Waals surface area contributed by atoms with E-state index in [0.29, 0.717) is 11.0 Å². The smallest absolute Gasteiger partial charge is 0.154 e. The molecule has 4 nitrogen and oxygen atoms in total. The lowest BCUT2D eigenvalue weighted by molar-refractivity contribution is 0.0139. The number of halogens is 1. The Labute approximate surface area is 92.4 Å². The average Bonchev–Trinajstić information content (AvgIpc) is 2.47. The molecule has 1 heterocycles. The van der Waals surface area contributed by atoms with E-state index < -0.39 is 5.60 Å². The Hall–Kier alpha value is -0.420. The molecule has 0 radical (unpaired) electrons. The highest BCUT2D eigenvalue weighted by Crippen LogP contribution is 2.33. The lowest BCUT2D eigenvalue weighted by Gasteiger charge is -2.26. The molecule has 0 aromatic carbocycles. The predicted molar refractivity (Wildman–Crippen MR) is 57.8 cm³/mol. The van der Waals surface area contributed by atoms with Crippen molar-refractivity contribution < 1.29 is 5.11 Å². The van der Waals surface area contributed by atoms with Gasteiger partial charge in [-0.25, -0.2) is 4.68 Å². The Morgan fingerprint density at radius 2 is 2.14 bits per heavy atom. The van der Waals surface area contributed by atoms with Crippen molar-refractivity contribution in [1.29, 1.82) is 0 Å². The van der Waals surface area contributed by atoms with Crippen LogP contribution in [0.4, 0.5) is 0 Å². The lowest BCUT2D eigenvalue weighted by atomic mass is 9.91. The normalized spacial score (nSPS) is 15.5. The molecule has 0 spiro atoms. The zero-order valence-corrected chi connectivity index (χ0v) is 10.4. The maximum absolute atomic E-state index is 10.4. The predicted octanol–water partition coefficient (Wildman–Crippen LogP) is 1.98. The Bertz CT molecular complexity index is 294. The fourth-order valence-electron chi connectivity index (χ4n) is 1.70. The van der Waals surface area contributed by atoms with Crippen molar-refractivity contribution in [3.05, 3.63) is 10.3 Å². The van der Waals surface area contributed by atoms with Gasteiger partial charge in [0.2, 0.25) is 0 Å². The topological polar surface area (TPSA) is 50.9 Å². The number of aliphatic hydroxyl groups is 1. The van der Waals surface area contributed by atoms with E-state index in [1.165, 1.54) is 0 Å². The van der Waals surface area contributed by atoms with Gasteiger partial charge in [-0.1, -0.05) is 25.5 Å². The van der Waals surface area contributed by atoms with Crippen molar-refractivity contribution in [3.8, 4) is 0 Å². The largest absolute Gasteiger partial charge is 0.383 e. The zero-order chi connectivity index (χ0) is 10.8. The van der Waals surface area contributed by atoms with Crippen LogP contribution in [0.1, 0.15) is 38.8 Å². The Morgan fingerprint density at radius 3 is 2.50 bits per heavy atom. The van der Waals surface area contributed by atoms with Gasteiger partial charge in [0.1, 0.15) is 11.3 Å². The van der Waals surface area contributed by atoms with Crippen LogP contribution in [0.5, 0.6) is 0 Å². The lowest BCUT2D eigenvalue weighted by Crippen LogP contribution is -2.28. The van der Waals surface area contributed by atoms with Crippen LogP contribution in [0.15, 0.2) is 4.60 Å². The number of hydrogen-bond acceptors (Lipinski definition) is 3. The van der Waals surface area contributed by atoms with Crippen LogP contribution < -0.4 is 0 Å². The van der Waals surface area contributed by atoms with E-state index in [2.05, 4.69) is 33.2 Å². The molecule has 0 saturated heterocycles. The minimum absolute atomic E-state index is 0.637. The number of aromatic nitrogens is 3. The molecule has 1 aromatic heterocycles. The standard InChI is InChI=1S/C9H16BrN3O/c1-4-6-9(14,5-2)7-8(10)11-12-13(7)3/h14H,4-6H2,1-3H3. The Morgan fingerprint density at radius 1 is 1.50 bits per heavy atom. The third kappa shape index (κ3) is 1.98. The molecule has 0 bridgehead atoms. The van der Waals surface area contributed by atoms with E-state index in [1.807, 2.05) is 6.92 Å². The molecule has 14 heavy (non-hydrogen) atoms. The summed E-state index contributed by atoms with van der Waals surface area (Å²) >= 11 is 3.31. The van der Waals surface area contributed by atoms with Crippen molar-refractivity contribution in [2.75, 3.05) is 0 Å². The molecule has 1 aromatic rings. The summed E-state index contributed by atoms with van der Waals surface area (Å²) in [5.41, 5.74) is -0.0481. The molecular weight excluding hydrogens is 246 g/mol. The van der Waals surface area contributed by atoms with E-state index >= 15 is 0 Å². The second-order valence-electron chi connectivity index (χ2n) is 3.49. The third-order valence-corrected chi connectivity index (χ3v) is 3.01. The van der Waals surface area contributed by atoms with Gasteiger partial charge in [-0.15, -0.1) is 5.10 Å². The van der Waals surface area contributed by atoms with Crippen LogP contribution in [0.2, 0.25) is 0 Å². The number of nitrogens with zero attached hydrogens (tertiary/aromatic N) is 3. The first kappa shape index (κ1) is 11.7. The highest BCUT2D eigenvalue weighted by atomic mass is 79.9. The van der Waals surface area contributed by atoms with Gasteiger partial charge in [0.25, 0.3) is 0 Å². The monoisotopic (exact) mass is 261 g/mol. The van der Waals surface area contributed by atoms with Gasteiger partial charge >= 0.3 is 0 Å². The van der Waals surface area contributed by atoms with Gasteiger partial charge in [-0.05, 0) is 28.8 Å². The minimum atomic E-state index is -0.814. The minimum Gasteiger partial charge on any atom is -0.383 e. The van der Waals surface area contributed by atoms with Crippen molar-refractivity contribution >= 4 is 15.9 Å². The van der Waals surface area contributed by atoms with Crippen LogP contribution in [0.25, 0.3) is 0 Å². The zero-order valence-electron chi connectivity index (χ0n) is 8.79. The van der Waals surface area contributed by atoms with E-state index in [-0.39, 0.29) is 0 Å². The maximum atomic E-state index is 10.4. The van der Waals surface area contributed by atoms with Crippen LogP contribution in [-0.2, 0) is 12.6 Å². The molecule has 0 aliphatic carbocycles. The Kier molecular flexibility index (Phi) is 3.66. The van der Waals surface area contributed by atoms with Gasteiger partial charge in [0.15, 0.2) is 4.60 Å². The van der Waals surface area contributed by atoms with Gasteiger partial charge in [-0.2, -0.15) is 0 Å². The SMILES string of the molecule is CCCC(O)(CC)c1c(Br)nnn1C. The van der Waals surface area contributed by atoms with Gasteiger partial charge < -0.3 is 5.11 Å². The first-order valence-corrected chi connectivity index (χ1v) is 5.62. The molecule has 80 valence electrons. The molecule has 0 fully saturated rings. The summed E-state index contributed by atoms with van der Waals surface area (Å²) < 4.78 is 2.27. The first-order chi connectivity index (χ1) is 6.55. The van der Waals surface area contributed by atoms with Gasteiger partial charge in [-0.3, -0.25) is 0 Å². The summed E-state index contributed by atoms with van der Waals surface area (Å²) in [5, 5.41) is 18.2. The summed E-state index contributed by atoms with van der Waals surface area (Å²) in [5.74, 6) is 0. The van der Waals surface area contributed by atoms with Gasteiger partial charge in [0.05, 0.1) is 0 Å². The maximum Gasteiger partial charge on any atom is 0.154 e. The molecule has 0 aliphatic heterocycles. The molecule has 1 N–H and O–H groups in total. The van der Waals surface area contributed by atoms with Crippen molar-refractivity contribution in [2.24, 2.45) is 7.05 Å². The summed E-state index contributed by atoms with van der Waals surface area (Å²) in [6.07, 6.45) is 2.33. The summed E-state index contributed by atoms with van der Waals surface area (Å²) in [6, 6.07) is 0. The van der Waals surface area contributed by atoms with Crippen LogP contribution in [0, 0.1) is 0 Å². The van der Waals surface area contributed by atoms with E-state index in [1.54, 1.807) is 11.7 Å². The Balaban J connectivity index is 3.11. The summed E-state index contributed by atoms with van der Waals surface area (Å²) in [4.78, 5) is 0. The van der Waals surface area contributed by atoms with E-state index in [9.17, 15) is 5.11 Å².